The van der Waals surface area contributed by atoms with Crippen LogP contribution in [0.5, 0.6) is 0 Å². The molecule has 0 rings (SSSR count). The first kappa shape index (κ1) is 12.8. The third-order valence-electron chi connectivity index (χ3n) is 2.45. The van der Waals surface area contributed by atoms with Crippen LogP contribution < -0.4 is 0 Å². The van der Waals surface area contributed by atoms with E-state index in [2.05, 4.69) is 28.5 Å². The maximum absolute atomic E-state index is 11.4. The van der Waals surface area contributed by atoms with Crippen molar-refractivity contribution in [2.45, 2.75) is 24.2 Å². The highest BCUT2D eigenvalue weighted by Gasteiger charge is 2.39. The van der Waals surface area contributed by atoms with E-state index < -0.39 is 3.42 Å². The summed E-state index contributed by atoms with van der Waals surface area (Å²) < 4.78 is 4.17. The lowest BCUT2D eigenvalue weighted by Gasteiger charge is -2.29. The van der Waals surface area contributed by atoms with Crippen LogP contribution in [0.4, 0.5) is 0 Å². The summed E-state index contributed by atoms with van der Waals surface area (Å²) in [7, 11) is 1.40. The zero-order valence-corrected chi connectivity index (χ0v) is 10.6. The van der Waals surface area contributed by atoms with E-state index in [1.54, 1.807) is 0 Å². The lowest BCUT2D eigenvalue weighted by molar-refractivity contribution is -0.144. The highest BCUT2D eigenvalue weighted by Crippen LogP contribution is 2.34. The number of halogens is 1. The number of ether oxygens (including phenoxy) is 1. The lowest BCUT2D eigenvalue weighted by atomic mass is 9.85. The van der Waals surface area contributed by atoms with Crippen molar-refractivity contribution >= 4 is 28.6 Å². The second-order valence-corrected chi connectivity index (χ2v) is 5.55. The maximum atomic E-state index is 11.4. The van der Waals surface area contributed by atoms with Gasteiger partial charge in [-0.3, -0.25) is 4.79 Å². The van der Waals surface area contributed by atoms with Crippen molar-refractivity contribution < 1.29 is 9.53 Å². The van der Waals surface area contributed by atoms with Crippen molar-refractivity contribution in [3.63, 3.8) is 0 Å². The molecule has 0 aliphatic rings. The van der Waals surface area contributed by atoms with Gasteiger partial charge in [0.2, 0.25) is 0 Å². The standard InChI is InChI=1S/C10H15IO2/c1-6-7(2)8(3)10(4,11)9(12)13-5/h1,7-8H,2-5H3. The number of hydrogen-bond acceptors (Lipinski definition) is 2. The fourth-order valence-corrected chi connectivity index (χ4v) is 1.76. The Labute approximate surface area is 93.6 Å². The fraction of sp³-hybridized carbons (Fsp3) is 0.700. The third kappa shape index (κ3) is 2.87. The van der Waals surface area contributed by atoms with Crippen LogP contribution >= 0.6 is 22.6 Å². The molecule has 2 nitrogen and oxygen atoms in total. The molecule has 3 heteroatoms. The number of hydrogen-bond donors (Lipinski definition) is 0. The smallest absolute Gasteiger partial charge is 0.321 e. The molecule has 0 aromatic carbocycles. The quantitative estimate of drug-likeness (QED) is 0.345. The van der Waals surface area contributed by atoms with Crippen molar-refractivity contribution in [2.24, 2.45) is 11.8 Å². The van der Waals surface area contributed by atoms with Crippen LogP contribution in [0.1, 0.15) is 20.8 Å². The van der Waals surface area contributed by atoms with Crippen LogP contribution in [0.3, 0.4) is 0 Å². The van der Waals surface area contributed by atoms with Crippen LogP contribution in [0.25, 0.3) is 0 Å². The first-order valence-corrected chi connectivity index (χ1v) is 5.19. The van der Waals surface area contributed by atoms with Crippen LogP contribution in [0.2, 0.25) is 0 Å². The van der Waals surface area contributed by atoms with Gasteiger partial charge in [-0.15, -0.1) is 12.3 Å². The molecule has 0 heterocycles. The van der Waals surface area contributed by atoms with Crippen molar-refractivity contribution in [1.29, 1.82) is 0 Å². The Hall–Kier alpha value is -0.240. The third-order valence-corrected chi connectivity index (χ3v) is 3.88. The van der Waals surface area contributed by atoms with E-state index >= 15 is 0 Å². The molecule has 74 valence electrons. The van der Waals surface area contributed by atoms with Gasteiger partial charge in [0.05, 0.1) is 7.11 Å². The van der Waals surface area contributed by atoms with Gasteiger partial charge in [-0.1, -0.05) is 36.4 Å². The van der Waals surface area contributed by atoms with Crippen molar-refractivity contribution in [1.82, 2.24) is 0 Å². The number of alkyl halides is 1. The molecule has 0 N–H and O–H groups in total. The normalized spacial score (nSPS) is 19.4. The van der Waals surface area contributed by atoms with E-state index in [1.165, 1.54) is 7.11 Å². The summed E-state index contributed by atoms with van der Waals surface area (Å²) in [4.78, 5) is 11.4. The van der Waals surface area contributed by atoms with Crippen LogP contribution in [0, 0.1) is 24.2 Å². The molecular formula is C10H15IO2. The van der Waals surface area contributed by atoms with Crippen LogP contribution in [0.15, 0.2) is 0 Å². The summed E-state index contributed by atoms with van der Waals surface area (Å²) in [6.45, 7) is 5.75. The Balaban J connectivity index is 4.64. The van der Waals surface area contributed by atoms with E-state index in [1.807, 2.05) is 20.8 Å². The first-order chi connectivity index (χ1) is 5.87. The highest BCUT2D eigenvalue weighted by atomic mass is 127. The summed E-state index contributed by atoms with van der Waals surface area (Å²) in [5.41, 5.74) is 0. The second kappa shape index (κ2) is 4.85. The van der Waals surface area contributed by atoms with Crippen molar-refractivity contribution in [2.75, 3.05) is 7.11 Å². The van der Waals surface area contributed by atoms with Gasteiger partial charge < -0.3 is 4.74 Å². The maximum Gasteiger partial charge on any atom is 0.321 e. The van der Waals surface area contributed by atoms with Gasteiger partial charge in [0.15, 0.2) is 0 Å². The molecule has 13 heavy (non-hydrogen) atoms. The molecule has 0 saturated carbocycles. The molecule has 3 atom stereocenters. The van der Waals surface area contributed by atoms with Gasteiger partial charge in [-0.25, -0.2) is 0 Å². The van der Waals surface area contributed by atoms with E-state index in [-0.39, 0.29) is 17.8 Å². The lowest BCUT2D eigenvalue weighted by Crippen LogP contribution is -2.39. The molecule has 0 saturated heterocycles. The number of carbonyl (C=O) groups excluding carboxylic acids is 1. The largest absolute Gasteiger partial charge is 0.468 e. The molecule has 0 fully saturated rings. The summed E-state index contributed by atoms with van der Waals surface area (Å²) in [6, 6.07) is 0. The predicted molar refractivity (Wildman–Crippen MR) is 61.6 cm³/mol. The van der Waals surface area contributed by atoms with E-state index in [9.17, 15) is 4.79 Å². The SMILES string of the molecule is C#CC(C)C(C)C(C)(I)C(=O)OC. The predicted octanol–water partition coefficient (Wildman–Crippen LogP) is 2.26. The zero-order valence-electron chi connectivity index (χ0n) is 8.43. The average molecular weight is 294 g/mol. The van der Waals surface area contributed by atoms with Crippen LogP contribution in [-0.2, 0) is 9.53 Å². The van der Waals surface area contributed by atoms with Crippen molar-refractivity contribution in [3.8, 4) is 12.3 Å². The monoisotopic (exact) mass is 294 g/mol. The Kier molecular flexibility index (Phi) is 4.76. The van der Waals surface area contributed by atoms with Gasteiger partial charge in [-0.2, -0.15) is 0 Å². The molecule has 0 aromatic rings. The number of methoxy groups -OCH3 is 1. The van der Waals surface area contributed by atoms with Gasteiger partial charge in [0.1, 0.15) is 3.42 Å². The van der Waals surface area contributed by atoms with Gasteiger partial charge in [0.25, 0.3) is 0 Å². The van der Waals surface area contributed by atoms with Gasteiger partial charge in [-0.05, 0) is 12.8 Å². The first-order valence-electron chi connectivity index (χ1n) is 4.11. The number of rotatable bonds is 3. The second-order valence-electron chi connectivity index (χ2n) is 3.31. The van der Waals surface area contributed by atoms with Crippen molar-refractivity contribution in [3.05, 3.63) is 0 Å². The van der Waals surface area contributed by atoms with Gasteiger partial charge in [0, 0.05) is 5.92 Å². The number of esters is 1. The number of terminal acetylenes is 1. The minimum absolute atomic E-state index is 0.0704. The molecule has 0 aliphatic carbocycles. The zero-order chi connectivity index (χ0) is 10.6. The summed E-state index contributed by atoms with van der Waals surface area (Å²) in [5, 5.41) is 0. The molecule has 0 bridgehead atoms. The number of carbonyl (C=O) groups is 1. The van der Waals surface area contributed by atoms with Gasteiger partial charge >= 0.3 is 5.97 Å². The molecule has 0 amide bonds. The molecular weight excluding hydrogens is 279 g/mol. The van der Waals surface area contributed by atoms with E-state index in [4.69, 9.17) is 11.2 Å². The molecule has 0 spiro atoms. The Morgan fingerprint density at radius 1 is 1.62 bits per heavy atom. The fourth-order valence-electron chi connectivity index (χ4n) is 0.999. The minimum Gasteiger partial charge on any atom is -0.468 e. The summed E-state index contributed by atoms with van der Waals surface area (Å²) in [6.07, 6.45) is 5.31. The van der Waals surface area contributed by atoms with E-state index in [0.717, 1.165) is 0 Å². The topological polar surface area (TPSA) is 26.3 Å². The minimum atomic E-state index is -0.543. The Morgan fingerprint density at radius 3 is 2.38 bits per heavy atom. The van der Waals surface area contributed by atoms with Crippen LogP contribution in [-0.4, -0.2) is 16.5 Å². The summed E-state index contributed by atoms with van der Waals surface area (Å²) >= 11 is 2.10. The average Bonchev–Trinajstić information content (AvgIpc) is 2.13. The molecule has 0 aromatic heterocycles. The highest BCUT2D eigenvalue weighted by molar-refractivity contribution is 14.1. The Morgan fingerprint density at radius 2 is 2.08 bits per heavy atom. The molecule has 3 unspecified atom stereocenters. The summed E-state index contributed by atoms with van der Waals surface area (Å²) in [5.74, 6) is 2.59. The Bertz CT molecular complexity index is 228. The van der Waals surface area contributed by atoms with E-state index in [0.29, 0.717) is 0 Å². The molecule has 0 aliphatic heterocycles. The molecule has 0 radical (unpaired) electrons.